The standard InChI is InChI=1S/C17H22N4OS/c1-2-22-15-7-5-13(6-8-15)16-18-19-17(23-16)21-11-10-20-9-3-4-14(20)12-21/h5-8,14H,2-4,9-12H2,1H3. The summed E-state index contributed by atoms with van der Waals surface area (Å²) in [7, 11) is 0. The second-order valence-electron chi connectivity index (χ2n) is 6.13. The smallest absolute Gasteiger partial charge is 0.208 e. The molecule has 6 heteroatoms. The van der Waals surface area contributed by atoms with Gasteiger partial charge >= 0.3 is 0 Å². The second-order valence-corrected chi connectivity index (χ2v) is 7.08. The first-order valence-electron chi connectivity index (χ1n) is 8.39. The molecule has 0 bridgehead atoms. The number of rotatable bonds is 4. The van der Waals surface area contributed by atoms with E-state index in [0.29, 0.717) is 12.6 Å². The molecule has 0 aliphatic carbocycles. The van der Waals surface area contributed by atoms with Gasteiger partial charge in [-0.25, -0.2) is 0 Å². The van der Waals surface area contributed by atoms with Gasteiger partial charge in [0.15, 0.2) is 0 Å². The van der Waals surface area contributed by atoms with E-state index < -0.39 is 0 Å². The number of nitrogens with zero attached hydrogens (tertiary/aromatic N) is 4. The van der Waals surface area contributed by atoms with Gasteiger partial charge in [-0.3, -0.25) is 4.90 Å². The van der Waals surface area contributed by atoms with Gasteiger partial charge in [-0.15, -0.1) is 10.2 Å². The van der Waals surface area contributed by atoms with Crippen molar-refractivity contribution in [1.82, 2.24) is 15.1 Å². The molecular formula is C17H22N4OS. The molecule has 0 amide bonds. The predicted molar refractivity (Wildman–Crippen MR) is 93.3 cm³/mol. The van der Waals surface area contributed by atoms with Crippen molar-refractivity contribution in [2.24, 2.45) is 0 Å². The minimum Gasteiger partial charge on any atom is -0.494 e. The number of fused-ring (bicyclic) bond motifs is 1. The van der Waals surface area contributed by atoms with Gasteiger partial charge in [0.05, 0.1) is 6.61 Å². The SMILES string of the molecule is CCOc1ccc(-c2nnc(N3CCN4CCCC4C3)s2)cc1. The summed E-state index contributed by atoms with van der Waals surface area (Å²) in [6, 6.07) is 8.82. The Morgan fingerprint density at radius 2 is 2.04 bits per heavy atom. The van der Waals surface area contributed by atoms with Crippen molar-refractivity contribution in [3.63, 3.8) is 0 Å². The van der Waals surface area contributed by atoms with Crippen LogP contribution in [0.3, 0.4) is 0 Å². The lowest BCUT2D eigenvalue weighted by molar-refractivity contribution is 0.231. The monoisotopic (exact) mass is 330 g/mol. The lowest BCUT2D eigenvalue weighted by Gasteiger charge is -2.37. The third kappa shape index (κ3) is 3.05. The molecule has 122 valence electrons. The summed E-state index contributed by atoms with van der Waals surface area (Å²) >= 11 is 1.69. The zero-order valence-electron chi connectivity index (χ0n) is 13.4. The molecule has 23 heavy (non-hydrogen) atoms. The molecule has 4 rings (SSSR count). The highest BCUT2D eigenvalue weighted by atomic mass is 32.1. The number of piperazine rings is 1. The number of hydrogen-bond donors (Lipinski definition) is 0. The van der Waals surface area contributed by atoms with Gasteiger partial charge in [0.25, 0.3) is 0 Å². The fourth-order valence-electron chi connectivity index (χ4n) is 3.49. The van der Waals surface area contributed by atoms with Crippen LogP contribution in [0.1, 0.15) is 19.8 Å². The van der Waals surface area contributed by atoms with Crippen molar-refractivity contribution >= 4 is 16.5 Å². The number of hydrogen-bond acceptors (Lipinski definition) is 6. The maximum absolute atomic E-state index is 5.49. The molecular weight excluding hydrogens is 308 g/mol. The van der Waals surface area contributed by atoms with E-state index in [0.717, 1.165) is 41.1 Å². The van der Waals surface area contributed by atoms with Crippen molar-refractivity contribution < 1.29 is 4.74 Å². The van der Waals surface area contributed by atoms with Crippen LogP contribution < -0.4 is 9.64 Å². The van der Waals surface area contributed by atoms with E-state index in [-0.39, 0.29) is 0 Å². The average molecular weight is 330 g/mol. The van der Waals surface area contributed by atoms with Crippen LogP contribution in [0.5, 0.6) is 5.75 Å². The molecule has 1 atom stereocenters. The van der Waals surface area contributed by atoms with Gasteiger partial charge in [-0.1, -0.05) is 11.3 Å². The molecule has 1 aromatic heterocycles. The van der Waals surface area contributed by atoms with Crippen LogP contribution in [-0.4, -0.2) is 53.9 Å². The number of anilines is 1. The van der Waals surface area contributed by atoms with E-state index in [1.807, 2.05) is 19.1 Å². The topological polar surface area (TPSA) is 41.5 Å². The summed E-state index contributed by atoms with van der Waals surface area (Å²) in [5.74, 6) is 0.901. The highest BCUT2D eigenvalue weighted by molar-refractivity contribution is 7.18. The maximum Gasteiger partial charge on any atom is 0.208 e. The Morgan fingerprint density at radius 1 is 1.17 bits per heavy atom. The third-order valence-corrected chi connectivity index (χ3v) is 5.72. The Bertz CT molecular complexity index is 657. The molecule has 2 fully saturated rings. The highest BCUT2D eigenvalue weighted by Gasteiger charge is 2.31. The zero-order valence-corrected chi connectivity index (χ0v) is 14.3. The van der Waals surface area contributed by atoms with Crippen LogP contribution in [0, 0.1) is 0 Å². The molecule has 0 saturated carbocycles. The maximum atomic E-state index is 5.49. The summed E-state index contributed by atoms with van der Waals surface area (Å²) in [5.41, 5.74) is 1.11. The molecule has 3 heterocycles. The minimum absolute atomic E-state index is 0.690. The fraction of sp³-hybridized carbons (Fsp3) is 0.529. The number of aromatic nitrogens is 2. The molecule has 1 unspecified atom stereocenters. The van der Waals surface area contributed by atoms with Crippen molar-refractivity contribution in [2.45, 2.75) is 25.8 Å². The highest BCUT2D eigenvalue weighted by Crippen LogP contribution is 2.32. The lowest BCUT2D eigenvalue weighted by Crippen LogP contribution is -2.50. The molecule has 2 aromatic rings. The van der Waals surface area contributed by atoms with Crippen molar-refractivity contribution in [3.05, 3.63) is 24.3 Å². The van der Waals surface area contributed by atoms with Gasteiger partial charge in [-0.2, -0.15) is 0 Å². The molecule has 1 aromatic carbocycles. The molecule has 0 radical (unpaired) electrons. The summed E-state index contributed by atoms with van der Waals surface area (Å²) in [4.78, 5) is 5.02. The normalized spacial score (nSPS) is 21.4. The summed E-state index contributed by atoms with van der Waals surface area (Å²) in [6.45, 7) is 7.27. The Kier molecular flexibility index (Phi) is 4.18. The molecule has 0 spiro atoms. The van der Waals surface area contributed by atoms with E-state index >= 15 is 0 Å². The molecule has 5 nitrogen and oxygen atoms in total. The first-order chi connectivity index (χ1) is 11.3. The Balaban J connectivity index is 1.48. The zero-order chi connectivity index (χ0) is 15.6. The van der Waals surface area contributed by atoms with Crippen LogP contribution >= 0.6 is 11.3 Å². The van der Waals surface area contributed by atoms with E-state index in [9.17, 15) is 0 Å². The summed E-state index contributed by atoms with van der Waals surface area (Å²) < 4.78 is 5.49. The van der Waals surface area contributed by atoms with E-state index in [2.05, 4.69) is 32.1 Å². The fourth-order valence-corrected chi connectivity index (χ4v) is 4.37. The molecule has 2 saturated heterocycles. The van der Waals surface area contributed by atoms with Crippen molar-refractivity contribution in [3.8, 4) is 16.3 Å². The van der Waals surface area contributed by atoms with Crippen LogP contribution in [0.2, 0.25) is 0 Å². The van der Waals surface area contributed by atoms with Crippen LogP contribution in [-0.2, 0) is 0 Å². The largest absolute Gasteiger partial charge is 0.494 e. The van der Waals surface area contributed by atoms with Gasteiger partial charge in [0.2, 0.25) is 5.13 Å². The quantitative estimate of drug-likeness (QED) is 0.862. The predicted octanol–water partition coefficient (Wildman–Crippen LogP) is 2.89. The number of ether oxygens (including phenoxy) is 1. The van der Waals surface area contributed by atoms with E-state index in [1.54, 1.807) is 11.3 Å². The van der Waals surface area contributed by atoms with Crippen LogP contribution in [0.4, 0.5) is 5.13 Å². The van der Waals surface area contributed by atoms with Gasteiger partial charge in [0.1, 0.15) is 10.8 Å². The van der Waals surface area contributed by atoms with E-state index in [1.165, 1.54) is 19.4 Å². The molecule has 2 aliphatic rings. The Labute approximate surface area is 140 Å². The number of benzene rings is 1. The minimum atomic E-state index is 0.690. The summed E-state index contributed by atoms with van der Waals surface area (Å²) in [6.07, 6.45) is 2.66. The molecule has 2 aliphatic heterocycles. The average Bonchev–Trinajstić information content (AvgIpc) is 3.24. The van der Waals surface area contributed by atoms with Gasteiger partial charge < -0.3 is 9.64 Å². The first-order valence-corrected chi connectivity index (χ1v) is 9.21. The van der Waals surface area contributed by atoms with Crippen molar-refractivity contribution in [2.75, 3.05) is 37.7 Å². The Morgan fingerprint density at radius 3 is 2.87 bits per heavy atom. The van der Waals surface area contributed by atoms with Crippen LogP contribution in [0.15, 0.2) is 24.3 Å². The third-order valence-electron chi connectivity index (χ3n) is 4.68. The second kappa shape index (κ2) is 6.45. The van der Waals surface area contributed by atoms with Gasteiger partial charge in [-0.05, 0) is 50.6 Å². The van der Waals surface area contributed by atoms with Crippen molar-refractivity contribution in [1.29, 1.82) is 0 Å². The first kappa shape index (κ1) is 14.9. The van der Waals surface area contributed by atoms with Gasteiger partial charge in [0, 0.05) is 31.2 Å². The summed E-state index contributed by atoms with van der Waals surface area (Å²) in [5, 5.41) is 10.9. The Hall–Kier alpha value is -1.66. The van der Waals surface area contributed by atoms with Crippen LogP contribution in [0.25, 0.3) is 10.6 Å². The molecule has 0 N–H and O–H groups in total. The van der Waals surface area contributed by atoms with E-state index in [4.69, 9.17) is 4.74 Å². The lowest BCUT2D eigenvalue weighted by atomic mass is 10.2.